The number of carboxylic acid groups (broad SMARTS) is 1. The molecule has 4 atom stereocenters. The second-order valence-corrected chi connectivity index (χ2v) is 13.3. The van der Waals surface area contributed by atoms with E-state index in [1.54, 1.807) is 24.3 Å². The van der Waals surface area contributed by atoms with Crippen molar-refractivity contribution in [3.8, 4) is 11.5 Å². The van der Waals surface area contributed by atoms with Gasteiger partial charge in [0.25, 0.3) is 5.91 Å². The van der Waals surface area contributed by atoms with E-state index >= 15 is 0 Å². The summed E-state index contributed by atoms with van der Waals surface area (Å²) in [5.41, 5.74) is -1.45. The van der Waals surface area contributed by atoms with E-state index in [-0.39, 0.29) is 43.1 Å². The molecule has 0 spiro atoms. The Labute approximate surface area is 272 Å². The third-order valence-electron chi connectivity index (χ3n) is 8.48. The smallest absolute Gasteiger partial charge is 0.352 e. The molecular weight excluding hydrogens is 636 g/mol. The molecule has 16 nitrogen and oxygen atoms in total. The first kappa shape index (κ1) is 33.1. The first-order chi connectivity index (χ1) is 22.2. The quantitative estimate of drug-likeness (QED) is 0.0816. The molecule has 0 radical (unpaired) electrons. The second-order valence-electron chi connectivity index (χ2n) is 11.6. The van der Waals surface area contributed by atoms with Crippen LogP contribution in [0.4, 0.5) is 4.79 Å². The van der Waals surface area contributed by atoms with Gasteiger partial charge in [-0.15, -0.1) is 11.8 Å². The van der Waals surface area contributed by atoms with Gasteiger partial charge in [-0.05, 0) is 43.5 Å². The van der Waals surface area contributed by atoms with E-state index in [2.05, 4.69) is 16.0 Å². The minimum Gasteiger partial charge on any atom is -0.504 e. The van der Waals surface area contributed by atoms with Crippen molar-refractivity contribution in [3.05, 3.63) is 59.7 Å². The van der Waals surface area contributed by atoms with Crippen molar-refractivity contribution in [2.24, 2.45) is 0 Å². The number of nitrogens with one attached hydrogen (secondary N) is 3. The van der Waals surface area contributed by atoms with Gasteiger partial charge in [-0.25, -0.2) is 9.59 Å². The summed E-state index contributed by atoms with van der Waals surface area (Å²) in [7, 11) is 0. The number of benzene rings is 2. The number of nitrogens with zero attached hydrogens (tertiary/aromatic N) is 3. The predicted octanol–water partition coefficient (Wildman–Crippen LogP) is -0.533. The number of amides is 7. The van der Waals surface area contributed by atoms with Gasteiger partial charge in [-0.2, -0.15) is 0 Å². The summed E-state index contributed by atoms with van der Waals surface area (Å²) in [6, 6.07) is 8.38. The van der Waals surface area contributed by atoms with E-state index in [4.69, 9.17) is 0 Å². The van der Waals surface area contributed by atoms with Crippen LogP contribution in [0, 0.1) is 0 Å². The third-order valence-corrected chi connectivity index (χ3v) is 10.1. The van der Waals surface area contributed by atoms with Crippen molar-refractivity contribution >= 4 is 53.8 Å². The number of phenols is 2. The summed E-state index contributed by atoms with van der Waals surface area (Å²) in [4.78, 5) is 93.1. The molecule has 3 heterocycles. The number of carbonyl (C=O) groups excluding carboxylic acids is 6. The zero-order valence-electron chi connectivity index (χ0n) is 25.2. The number of aliphatic carboxylic acids is 1. The highest BCUT2D eigenvalue weighted by atomic mass is 32.2. The molecule has 3 fully saturated rings. The maximum atomic E-state index is 13.9. The van der Waals surface area contributed by atoms with Crippen LogP contribution < -0.4 is 16.0 Å². The van der Waals surface area contributed by atoms with Gasteiger partial charge in [0.2, 0.25) is 18.0 Å². The fourth-order valence-corrected chi connectivity index (χ4v) is 7.65. The molecule has 248 valence electrons. The molecule has 17 heteroatoms. The summed E-state index contributed by atoms with van der Waals surface area (Å²) in [5.74, 6) is -6.00. The van der Waals surface area contributed by atoms with Gasteiger partial charge >= 0.3 is 23.8 Å². The van der Waals surface area contributed by atoms with Gasteiger partial charge in [0.1, 0.15) is 17.5 Å². The number of hydrogen-bond donors (Lipinski definition) is 6. The van der Waals surface area contributed by atoms with E-state index < -0.39 is 63.5 Å². The maximum absolute atomic E-state index is 13.9. The number of rotatable bonds is 10. The summed E-state index contributed by atoms with van der Waals surface area (Å²) in [6.07, 6.45) is 0.586. The van der Waals surface area contributed by atoms with E-state index in [9.17, 15) is 48.9 Å². The van der Waals surface area contributed by atoms with Gasteiger partial charge in [0, 0.05) is 19.6 Å². The number of piperazine rings is 1. The zero-order valence-corrected chi connectivity index (χ0v) is 26.0. The van der Waals surface area contributed by atoms with Crippen molar-refractivity contribution in [1.29, 1.82) is 0 Å². The van der Waals surface area contributed by atoms with Crippen LogP contribution in [0.2, 0.25) is 0 Å². The van der Waals surface area contributed by atoms with Crippen LogP contribution in [0.5, 0.6) is 11.5 Å². The molecule has 0 saturated carbocycles. The number of imide groups is 1. The van der Waals surface area contributed by atoms with Crippen LogP contribution in [0.3, 0.4) is 0 Å². The maximum Gasteiger partial charge on any atom is 0.352 e. The molecule has 6 N–H and O–H groups in total. The summed E-state index contributed by atoms with van der Waals surface area (Å²) in [5, 5.41) is 36.2. The SMILES string of the molecule is CC1(C)S[C@@H]2[C@H](NC=O)C(=O)N2[C@@]1(NC(=O)C(NC(=O)N1CCN(CCc2ccc(O)c(O)c2)C(=O)C1=O)c1ccccc1)C(=O)O. The molecule has 0 aromatic heterocycles. The van der Waals surface area contributed by atoms with E-state index in [1.165, 1.54) is 43.0 Å². The molecule has 2 aromatic carbocycles. The molecule has 7 amide bonds. The monoisotopic (exact) mass is 668 g/mol. The minimum atomic E-state index is -2.28. The van der Waals surface area contributed by atoms with E-state index in [0.717, 1.165) is 16.7 Å². The molecular formula is C30H32N6O10S. The van der Waals surface area contributed by atoms with Gasteiger partial charge in [-0.1, -0.05) is 36.4 Å². The number of hydrogen-bond acceptors (Lipinski definition) is 10. The molecule has 5 rings (SSSR count). The first-order valence-electron chi connectivity index (χ1n) is 14.5. The number of thioether (sulfide) groups is 1. The number of fused-ring (bicyclic) bond motifs is 1. The Kier molecular flexibility index (Phi) is 8.77. The number of aromatic hydroxyl groups is 2. The fourth-order valence-electron chi connectivity index (χ4n) is 5.94. The average molecular weight is 669 g/mol. The highest BCUT2D eigenvalue weighted by Gasteiger charge is 2.74. The highest BCUT2D eigenvalue weighted by Crippen LogP contribution is 2.55. The van der Waals surface area contributed by atoms with Gasteiger partial charge in [0.05, 0.1) is 4.75 Å². The molecule has 3 aliphatic heterocycles. The highest BCUT2D eigenvalue weighted by molar-refractivity contribution is 8.01. The summed E-state index contributed by atoms with van der Waals surface area (Å²) >= 11 is 1.08. The van der Waals surface area contributed by atoms with Crippen molar-refractivity contribution in [2.45, 2.75) is 48.1 Å². The first-order valence-corrected chi connectivity index (χ1v) is 15.3. The lowest BCUT2D eigenvalue weighted by atomic mass is 9.88. The zero-order chi connectivity index (χ0) is 34.3. The predicted molar refractivity (Wildman–Crippen MR) is 163 cm³/mol. The number of phenolic OH excluding ortho intramolecular Hbond substituents is 2. The van der Waals surface area contributed by atoms with E-state index in [0.29, 0.717) is 16.9 Å². The van der Waals surface area contributed by atoms with Crippen molar-refractivity contribution in [1.82, 2.24) is 30.7 Å². The fraction of sp³-hybridized carbons (Fsp3) is 0.367. The van der Waals surface area contributed by atoms with Gasteiger partial charge in [0.15, 0.2) is 11.5 Å². The number of carboxylic acids is 1. The second kappa shape index (κ2) is 12.5. The minimum absolute atomic E-state index is 0.0216. The lowest BCUT2D eigenvalue weighted by Crippen LogP contribution is -2.80. The molecule has 47 heavy (non-hydrogen) atoms. The molecule has 0 bridgehead atoms. The third kappa shape index (κ3) is 5.66. The van der Waals surface area contributed by atoms with Crippen LogP contribution in [0.1, 0.15) is 31.0 Å². The van der Waals surface area contributed by atoms with Crippen LogP contribution >= 0.6 is 11.8 Å². The Balaban J connectivity index is 1.33. The Bertz CT molecular complexity index is 1650. The Morgan fingerprint density at radius 1 is 1.02 bits per heavy atom. The number of β-lactam (4-membered cyclic amide) rings is 1. The standard InChI is InChI=1S/C30H32N6O10S/c1-29(2)30(27(44)45,36-23(41)21(31-15-37)26(36)47-29)33-22(40)20(17-6-4-3-5-7-17)32-28(46)35-13-12-34(24(42)25(35)43)11-10-16-8-9-18(38)19(39)14-16/h3-9,14-15,20-21,26,38-39H,10-13H2,1-2H3,(H,31,37)(H,32,46)(H,33,40)(H,44,45)/t20?,21-,26-,30+/m1/s1. The number of carbonyl (C=O) groups is 7. The van der Waals surface area contributed by atoms with Crippen LogP contribution in [0.25, 0.3) is 0 Å². The normalized spacial score (nSPS) is 23.8. The molecule has 3 saturated heterocycles. The van der Waals surface area contributed by atoms with Crippen molar-refractivity contribution in [3.63, 3.8) is 0 Å². The topological polar surface area (TPSA) is 226 Å². The Morgan fingerprint density at radius 2 is 1.72 bits per heavy atom. The van der Waals surface area contributed by atoms with Crippen molar-refractivity contribution < 1.29 is 48.9 Å². The largest absolute Gasteiger partial charge is 0.504 e. The lowest BCUT2D eigenvalue weighted by molar-refractivity contribution is -0.176. The van der Waals surface area contributed by atoms with Crippen LogP contribution in [-0.2, 0) is 35.2 Å². The van der Waals surface area contributed by atoms with Crippen LogP contribution in [0.15, 0.2) is 48.5 Å². The van der Waals surface area contributed by atoms with Crippen LogP contribution in [-0.4, -0.2) is 114 Å². The molecule has 2 aromatic rings. The van der Waals surface area contributed by atoms with E-state index in [1.807, 2.05) is 0 Å². The van der Waals surface area contributed by atoms with Crippen molar-refractivity contribution in [2.75, 3.05) is 19.6 Å². The average Bonchev–Trinajstić information content (AvgIpc) is 3.25. The van der Waals surface area contributed by atoms with Gasteiger partial charge < -0.3 is 36.2 Å². The summed E-state index contributed by atoms with van der Waals surface area (Å²) < 4.78 is -1.31. The number of urea groups is 1. The molecule has 0 aliphatic carbocycles. The lowest BCUT2D eigenvalue weighted by Gasteiger charge is -2.49. The Hall–Kier alpha value is -5.32. The van der Waals surface area contributed by atoms with Gasteiger partial charge in [-0.3, -0.25) is 33.8 Å². The Morgan fingerprint density at radius 3 is 2.36 bits per heavy atom. The molecule has 1 unspecified atom stereocenters. The summed E-state index contributed by atoms with van der Waals surface area (Å²) in [6.45, 7) is 2.91. The molecule has 3 aliphatic rings.